The standard InChI is InChI=1S/C5H8O4S2.C4H6O3S.Li/c6-4(7)2(10)1-3(11)5(8)9;5-3(6)1-2-4(7)8;/h2-3,10-11H,1H2,(H,6,7)(H,8,9);1-2H2,(H,5,6)(H,7,8);/q;;+1/p-1. The van der Waals surface area contributed by atoms with E-state index in [1.165, 1.54) is 0 Å². The fourth-order valence-corrected chi connectivity index (χ4v) is 1.31. The van der Waals surface area contributed by atoms with Crippen LogP contribution in [-0.4, -0.2) is 48.8 Å². The van der Waals surface area contributed by atoms with Crippen molar-refractivity contribution in [3.63, 3.8) is 0 Å². The molecule has 0 rings (SSSR count). The Morgan fingerprint density at radius 1 is 1.00 bits per heavy atom. The topological polar surface area (TPSA) is 135 Å². The first-order valence-electron chi connectivity index (χ1n) is 4.81. The minimum absolute atomic E-state index is 0. The van der Waals surface area contributed by atoms with Gasteiger partial charge in [-0.25, -0.2) is 0 Å². The van der Waals surface area contributed by atoms with E-state index >= 15 is 0 Å². The Labute approximate surface area is 143 Å². The summed E-state index contributed by atoms with van der Waals surface area (Å²) in [5.41, 5.74) is 0. The van der Waals surface area contributed by atoms with Crippen LogP contribution in [0.2, 0.25) is 0 Å². The molecule has 2 unspecified atom stereocenters. The van der Waals surface area contributed by atoms with Gasteiger partial charge in [-0.05, 0) is 12.8 Å². The molecule has 0 saturated carbocycles. The normalized spacial score (nSPS) is 11.9. The molecule has 0 aromatic carbocycles. The molecule has 0 fully saturated rings. The molecular weight excluding hydrogens is 323 g/mol. The molecule has 0 aliphatic carbocycles. The third kappa shape index (κ3) is 17.6. The Morgan fingerprint density at radius 2 is 1.35 bits per heavy atom. The zero-order chi connectivity index (χ0) is 15.6. The molecule has 7 nitrogen and oxygen atoms in total. The number of carbonyl (C=O) groups is 3. The van der Waals surface area contributed by atoms with Gasteiger partial charge in [-0.3, -0.25) is 14.4 Å². The molecule has 110 valence electrons. The van der Waals surface area contributed by atoms with Gasteiger partial charge in [0.05, 0.1) is 0 Å². The van der Waals surface area contributed by atoms with Crippen LogP contribution in [0.1, 0.15) is 19.3 Å². The summed E-state index contributed by atoms with van der Waals surface area (Å²) in [5, 5.41) is 32.1. The van der Waals surface area contributed by atoms with E-state index in [1.54, 1.807) is 0 Å². The molecule has 2 atom stereocenters. The van der Waals surface area contributed by atoms with Gasteiger partial charge in [0.25, 0.3) is 0 Å². The van der Waals surface area contributed by atoms with Crippen LogP contribution < -0.4 is 24.0 Å². The number of thiocarbonyl (C=S) groups is 1. The minimum Gasteiger partial charge on any atom is -0.867 e. The van der Waals surface area contributed by atoms with E-state index in [-0.39, 0.29) is 38.1 Å². The van der Waals surface area contributed by atoms with Crippen LogP contribution >= 0.6 is 37.5 Å². The average Bonchev–Trinajstić information content (AvgIpc) is 2.26. The van der Waals surface area contributed by atoms with Crippen LogP contribution in [0.4, 0.5) is 0 Å². The summed E-state index contributed by atoms with van der Waals surface area (Å²) in [5.74, 6) is -3.24. The summed E-state index contributed by atoms with van der Waals surface area (Å²) >= 11 is 11.4. The van der Waals surface area contributed by atoms with Gasteiger partial charge in [-0.2, -0.15) is 25.3 Å². The van der Waals surface area contributed by atoms with Gasteiger partial charge in [0, 0.05) is 6.42 Å². The Kier molecular flexibility index (Phi) is 16.7. The van der Waals surface area contributed by atoms with Crippen molar-refractivity contribution < 1.29 is 53.7 Å². The maximum Gasteiger partial charge on any atom is 1.00 e. The first-order valence-corrected chi connectivity index (χ1v) is 6.25. The monoisotopic (exact) mass is 336 g/mol. The first-order chi connectivity index (χ1) is 8.57. The molecule has 0 aliphatic heterocycles. The van der Waals surface area contributed by atoms with Crippen molar-refractivity contribution in [3.8, 4) is 0 Å². The van der Waals surface area contributed by atoms with E-state index < -0.39 is 33.5 Å². The van der Waals surface area contributed by atoms with E-state index in [0.717, 1.165) is 0 Å². The van der Waals surface area contributed by atoms with Crippen molar-refractivity contribution >= 4 is 60.4 Å². The maximum atomic E-state index is 10.2. The van der Waals surface area contributed by atoms with Crippen LogP contribution in [0.5, 0.6) is 0 Å². The van der Waals surface area contributed by atoms with E-state index in [9.17, 15) is 19.5 Å². The van der Waals surface area contributed by atoms with Gasteiger partial charge >= 0.3 is 36.8 Å². The molecule has 0 heterocycles. The maximum absolute atomic E-state index is 10.2. The number of carboxylic acids is 3. The van der Waals surface area contributed by atoms with Gasteiger partial charge in [0.2, 0.25) is 0 Å². The molecule has 20 heavy (non-hydrogen) atoms. The van der Waals surface area contributed by atoms with E-state index in [0.29, 0.717) is 0 Å². The second kappa shape index (κ2) is 13.6. The number of hydrogen-bond donors (Lipinski definition) is 5. The van der Waals surface area contributed by atoms with E-state index in [2.05, 4.69) is 37.5 Å². The van der Waals surface area contributed by atoms with Crippen LogP contribution in [0, 0.1) is 0 Å². The zero-order valence-corrected chi connectivity index (χ0v) is 13.2. The zero-order valence-electron chi connectivity index (χ0n) is 10.6. The van der Waals surface area contributed by atoms with Crippen molar-refractivity contribution in [2.75, 3.05) is 0 Å². The van der Waals surface area contributed by atoms with Crippen molar-refractivity contribution in [3.05, 3.63) is 0 Å². The Balaban J connectivity index is -0.000000288. The molecule has 3 N–H and O–H groups in total. The summed E-state index contributed by atoms with van der Waals surface area (Å²) in [6.45, 7) is 0. The predicted octanol–water partition coefficient (Wildman–Crippen LogP) is -3.31. The fourth-order valence-electron chi connectivity index (χ4n) is 0.622. The Hall–Kier alpha value is -0.403. The average molecular weight is 336 g/mol. The van der Waals surface area contributed by atoms with Crippen molar-refractivity contribution in [1.82, 2.24) is 0 Å². The summed E-state index contributed by atoms with van der Waals surface area (Å²) in [7, 11) is 0. The van der Waals surface area contributed by atoms with Crippen LogP contribution in [0.3, 0.4) is 0 Å². The molecule has 0 spiro atoms. The second-order valence-electron chi connectivity index (χ2n) is 3.21. The largest absolute Gasteiger partial charge is 1.00 e. The van der Waals surface area contributed by atoms with Gasteiger partial charge in [-0.1, -0.05) is 5.05 Å². The molecule has 0 aliphatic rings. The quantitative estimate of drug-likeness (QED) is 0.185. The third-order valence-electron chi connectivity index (χ3n) is 1.56. The molecular formula is C9H13LiO7S3. The van der Waals surface area contributed by atoms with Gasteiger partial charge < -0.3 is 20.4 Å². The van der Waals surface area contributed by atoms with Crippen LogP contribution in [0.15, 0.2) is 0 Å². The van der Waals surface area contributed by atoms with E-state index in [1.807, 2.05) is 0 Å². The molecule has 0 radical (unpaired) electrons. The number of carboxylic acid groups (broad SMARTS) is 3. The van der Waals surface area contributed by atoms with Crippen LogP contribution in [0.25, 0.3) is 0 Å². The van der Waals surface area contributed by atoms with Crippen LogP contribution in [-0.2, 0) is 14.4 Å². The minimum atomic E-state index is -1.13. The molecule has 0 aromatic rings. The number of aliphatic carboxylic acids is 3. The molecule has 0 aromatic heterocycles. The number of hydrogen-bond acceptors (Lipinski definition) is 7. The number of thiol groups is 2. The van der Waals surface area contributed by atoms with Gasteiger partial charge in [0.15, 0.2) is 0 Å². The summed E-state index contributed by atoms with van der Waals surface area (Å²) in [6.07, 6.45) is -0.274. The molecule has 0 saturated heterocycles. The van der Waals surface area contributed by atoms with Crippen molar-refractivity contribution in [2.45, 2.75) is 29.8 Å². The van der Waals surface area contributed by atoms with Gasteiger partial charge in [0.1, 0.15) is 10.5 Å². The molecule has 0 amide bonds. The molecule has 11 heteroatoms. The van der Waals surface area contributed by atoms with Gasteiger partial charge in [-0.15, -0.1) is 12.2 Å². The SMILES string of the molecule is O=C(O)C(S)CC(S)C(=O)O.O=C(O)CCC([O-])=S.[Li+]. The smallest absolute Gasteiger partial charge is 0.867 e. The summed E-state index contributed by atoms with van der Waals surface area (Å²) < 4.78 is 0. The van der Waals surface area contributed by atoms with Crippen molar-refractivity contribution in [1.29, 1.82) is 0 Å². The van der Waals surface area contributed by atoms with Crippen molar-refractivity contribution in [2.24, 2.45) is 0 Å². The molecule has 0 bridgehead atoms. The summed E-state index contributed by atoms with van der Waals surface area (Å²) in [4.78, 5) is 30.0. The predicted molar refractivity (Wildman–Crippen MR) is 74.9 cm³/mol. The first kappa shape index (κ1) is 24.6. The van der Waals surface area contributed by atoms with E-state index in [4.69, 9.17) is 15.3 Å². The Bertz CT molecular complexity index is 318. The number of rotatable bonds is 7. The second-order valence-corrected chi connectivity index (χ2v) is 4.91. The fraction of sp³-hybridized carbons (Fsp3) is 0.556. The Morgan fingerprint density at radius 3 is 1.50 bits per heavy atom. The third-order valence-corrected chi connectivity index (χ3v) is 2.63. The summed E-state index contributed by atoms with van der Waals surface area (Å²) in [6, 6.07) is 0.